The Hall–Kier alpha value is -4.18. The van der Waals surface area contributed by atoms with Gasteiger partial charge in [-0.05, 0) is 42.0 Å². The van der Waals surface area contributed by atoms with Crippen LogP contribution >= 0.6 is 11.8 Å². The number of nitrogens with one attached hydrogen (secondary N) is 1. The van der Waals surface area contributed by atoms with Gasteiger partial charge in [-0.3, -0.25) is 9.59 Å². The maximum absolute atomic E-state index is 14.0. The van der Waals surface area contributed by atoms with E-state index < -0.39 is 5.82 Å². The van der Waals surface area contributed by atoms with Crippen molar-refractivity contribution in [2.24, 2.45) is 0 Å². The minimum Gasteiger partial charge on any atom is -0.416 e. The molecule has 3 aromatic carbocycles. The van der Waals surface area contributed by atoms with Crippen molar-refractivity contribution < 1.29 is 18.4 Å². The second kappa shape index (κ2) is 11.9. The second-order valence-electron chi connectivity index (χ2n) is 8.77. The molecule has 4 aromatic rings. The molecule has 1 aliphatic rings. The molecule has 1 aliphatic heterocycles. The highest BCUT2D eigenvalue weighted by molar-refractivity contribution is 7.99. The average Bonchev–Trinajstić information content (AvgIpc) is 3.40. The average molecular weight is 532 g/mol. The molecule has 2 heterocycles. The molecule has 1 aromatic heterocycles. The Kier molecular flexibility index (Phi) is 7.98. The van der Waals surface area contributed by atoms with E-state index in [1.807, 2.05) is 54.6 Å². The third-order valence-corrected chi connectivity index (χ3v) is 6.98. The summed E-state index contributed by atoms with van der Waals surface area (Å²) in [7, 11) is 0. The Balaban J connectivity index is 1.07. The van der Waals surface area contributed by atoms with Crippen molar-refractivity contribution in [2.45, 2.75) is 11.6 Å². The van der Waals surface area contributed by atoms with Crippen LogP contribution in [0.15, 0.2) is 88.5 Å². The molecule has 5 rings (SSSR count). The molecule has 1 fully saturated rings. The summed E-state index contributed by atoms with van der Waals surface area (Å²) in [6, 6.07) is 23.5. The topological polar surface area (TPSA) is 91.6 Å². The van der Waals surface area contributed by atoms with Crippen LogP contribution in [-0.2, 0) is 11.2 Å². The van der Waals surface area contributed by atoms with Gasteiger partial charge in [-0.2, -0.15) is 0 Å². The Labute approximate surface area is 223 Å². The lowest BCUT2D eigenvalue weighted by molar-refractivity contribution is -0.113. The number of thioether (sulfide) groups is 1. The second-order valence-corrected chi connectivity index (χ2v) is 9.69. The van der Waals surface area contributed by atoms with E-state index in [-0.39, 0.29) is 23.1 Å². The predicted octanol–water partition coefficient (Wildman–Crippen LogP) is 4.49. The van der Waals surface area contributed by atoms with E-state index in [0.29, 0.717) is 49.4 Å². The number of halogens is 1. The van der Waals surface area contributed by atoms with Crippen LogP contribution in [0.2, 0.25) is 0 Å². The van der Waals surface area contributed by atoms with Gasteiger partial charge in [0.05, 0.1) is 17.7 Å². The quantitative estimate of drug-likeness (QED) is 0.335. The number of rotatable bonds is 8. The van der Waals surface area contributed by atoms with Crippen LogP contribution in [0.4, 0.5) is 15.8 Å². The van der Waals surface area contributed by atoms with Crippen LogP contribution < -0.4 is 10.2 Å². The molecule has 2 amide bonds. The molecule has 0 radical (unpaired) electrons. The van der Waals surface area contributed by atoms with Crippen molar-refractivity contribution in [1.82, 2.24) is 15.1 Å². The lowest BCUT2D eigenvalue weighted by Crippen LogP contribution is -2.49. The van der Waals surface area contributed by atoms with Gasteiger partial charge in [0.25, 0.3) is 11.1 Å². The maximum Gasteiger partial charge on any atom is 0.277 e. The summed E-state index contributed by atoms with van der Waals surface area (Å²) in [5.41, 5.74) is 2.85. The van der Waals surface area contributed by atoms with Crippen molar-refractivity contribution in [3.8, 4) is 0 Å². The fourth-order valence-corrected chi connectivity index (χ4v) is 4.77. The first kappa shape index (κ1) is 25.5. The van der Waals surface area contributed by atoms with E-state index in [1.165, 1.54) is 23.9 Å². The third-order valence-electron chi connectivity index (χ3n) is 6.16. The summed E-state index contributed by atoms with van der Waals surface area (Å²) in [6.07, 6.45) is 0.546. The number of piperazine rings is 1. The lowest BCUT2D eigenvalue weighted by atomic mass is 10.1. The predicted molar refractivity (Wildman–Crippen MR) is 144 cm³/mol. The number of amides is 2. The Morgan fingerprint density at radius 1 is 0.895 bits per heavy atom. The monoisotopic (exact) mass is 531 g/mol. The molecule has 0 unspecified atom stereocenters. The summed E-state index contributed by atoms with van der Waals surface area (Å²) < 4.78 is 19.6. The van der Waals surface area contributed by atoms with Crippen LogP contribution in [0, 0.1) is 5.82 Å². The van der Waals surface area contributed by atoms with E-state index >= 15 is 0 Å². The Morgan fingerprint density at radius 2 is 1.61 bits per heavy atom. The number of nitrogens with zero attached hydrogens (tertiary/aromatic N) is 4. The Bertz CT molecular complexity index is 1390. The van der Waals surface area contributed by atoms with Gasteiger partial charge in [0.15, 0.2) is 0 Å². The number of hydrogen-bond acceptors (Lipinski definition) is 7. The summed E-state index contributed by atoms with van der Waals surface area (Å²) in [5, 5.41) is 11.3. The third kappa shape index (κ3) is 6.38. The van der Waals surface area contributed by atoms with E-state index in [2.05, 4.69) is 20.4 Å². The summed E-state index contributed by atoms with van der Waals surface area (Å²) in [6.45, 7) is 2.29. The number of anilines is 2. The highest BCUT2D eigenvalue weighted by atomic mass is 32.2. The molecule has 8 nitrogen and oxygen atoms in total. The van der Waals surface area contributed by atoms with E-state index in [4.69, 9.17) is 4.42 Å². The number of carbonyl (C=O) groups excluding carboxylic acids is 2. The highest BCUT2D eigenvalue weighted by Crippen LogP contribution is 2.22. The smallest absolute Gasteiger partial charge is 0.277 e. The molecule has 1 N–H and O–H groups in total. The molecule has 1 saturated heterocycles. The van der Waals surface area contributed by atoms with Crippen LogP contribution in [0.5, 0.6) is 0 Å². The molecule has 194 valence electrons. The normalized spacial score (nSPS) is 13.4. The van der Waals surface area contributed by atoms with Crippen molar-refractivity contribution >= 4 is 35.0 Å². The van der Waals surface area contributed by atoms with Crippen LogP contribution in [0.3, 0.4) is 0 Å². The minimum absolute atomic E-state index is 0.103. The van der Waals surface area contributed by atoms with Crippen molar-refractivity contribution in [2.75, 3.05) is 42.1 Å². The molecular formula is C28H26FN5O3S. The molecule has 38 heavy (non-hydrogen) atoms. The van der Waals surface area contributed by atoms with Crippen molar-refractivity contribution in [3.05, 3.63) is 102 Å². The number of benzene rings is 3. The fraction of sp³-hybridized carbons (Fsp3) is 0.214. The first-order chi connectivity index (χ1) is 18.5. The Morgan fingerprint density at radius 3 is 2.34 bits per heavy atom. The van der Waals surface area contributed by atoms with Gasteiger partial charge < -0.3 is 19.5 Å². The van der Waals surface area contributed by atoms with Gasteiger partial charge in [0.1, 0.15) is 5.82 Å². The minimum atomic E-state index is -0.499. The van der Waals surface area contributed by atoms with Gasteiger partial charge in [0, 0.05) is 37.6 Å². The molecule has 0 atom stereocenters. The number of carbonyl (C=O) groups is 2. The van der Waals surface area contributed by atoms with Crippen LogP contribution in [0.25, 0.3) is 0 Å². The summed E-state index contributed by atoms with van der Waals surface area (Å²) >= 11 is 1.19. The lowest BCUT2D eigenvalue weighted by Gasteiger charge is -2.36. The van der Waals surface area contributed by atoms with E-state index in [1.54, 1.807) is 17.0 Å². The molecule has 0 spiro atoms. The summed E-state index contributed by atoms with van der Waals surface area (Å²) in [4.78, 5) is 28.9. The highest BCUT2D eigenvalue weighted by Gasteiger charge is 2.24. The number of hydrogen-bond donors (Lipinski definition) is 1. The van der Waals surface area contributed by atoms with E-state index in [0.717, 1.165) is 11.3 Å². The van der Waals surface area contributed by atoms with Crippen LogP contribution in [-0.4, -0.2) is 58.8 Å². The maximum atomic E-state index is 14.0. The standard InChI is InChI=1S/C28H26FN5O3S/c29-24-9-5-4-8-23(24)27(36)34-16-14-33(15-17-34)22-12-10-21(11-13-22)30-25(35)19-38-28-32-31-26(37-28)18-20-6-2-1-3-7-20/h1-13H,14-19H2,(H,30,35). The molecule has 0 bridgehead atoms. The van der Waals surface area contributed by atoms with Gasteiger partial charge in [-0.1, -0.05) is 54.2 Å². The largest absolute Gasteiger partial charge is 0.416 e. The van der Waals surface area contributed by atoms with Gasteiger partial charge in [-0.25, -0.2) is 4.39 Å². The molecular weight excluding hydrogens is 505 g/mol. The number of aromatic nitrogens is 2. The zero-order valence-electron chi connectivity index (χ0n) is 20.5. The molecule has 10 heteroatoms. The van der Waals surface area contributed by atoms with Crippen molar-refractivity contribution in [1.29, 1.82) is 0 Å². The first-order valence-corrected chi connectivity index (χ1v) is 13.2. The fourth-order valence-electron chi connectivity index (χ4n) is 4.19. The van der Waals surface area contributed by atoms with Crippen LogP contribution in [0.1, 0.15) is 21.8 Å². The van der Waals surface area contributed by atoms with E-state index in [9.17, 15) is 14.0 Å². The summed E-state index contributed by atoms with van der Waals surface area (Å²) in [5.74, 6) is -0.308. The molecule has 0 saturated carbocycles. The first-order valence-electron chi connectivity index (χ1n) is 12.2. The van der Waals surface area contributed by atoms with Gasteiger partial charge in [-0.15, -0.1) is 10.2 Å². The zero-order chi connectivity index (χ0) is 26.3. The SMILES string of the molecule is O=C(CSc1nnc(Cc2ccccc2)o1)Nc1ccc(N2CCN(C(=O)c3ccccc3F)CC2)cc1. The zero-order valence-corrected chi connectivity index (χ0v) is 21.4. The molecule has 0 aliphatic carbocycles. The van der Waals surface area contributed by atoms with Gasteiger partial charge in [0.2, 0.25) is 11.8 Å². The van der Waals surface area contributed by atoms with Crippen molar-refractivity contribution in [3.63, 3.8) is 0 Å². The van der Waals surface area contributed by atoms with Gasteiger partial charge >= 0.3 is 0 Å².